The number of thiazole rings is 1. The monoisotopic (exact) mass is 487 g/mol. The fourth-order valence-corrected chi connectivity index (χ4v) is 4.14. The summed E-state index contributed by atoms with van der Waals surface area (Å²) in [6.07, 6.45) is 2.30. The van der Waals surface area contributed by atoms with Gasteiger partial charge in [0.2, 0.25) is 5.95 Å². The van der Waals surface area contributed by atoms with Crippen LogP contribution in [0.15, 0.2) is 24.4 Å². The number of amides is 1. The Labute approximate surface area is 200 Å². The molecule has 1 aromatic carbocycles. The van der Waals surface area contributed by atoms with Crippen molar-refractivity contribution in [3.63, 3.8) is 0 Å². The maximum absolute atomic E-state index is 14.8. The van der Waals surface area contributed by atoms with Crippen LogP contribution in [0.25, 0.3) is 10.7 Å². The number of carbonyl (C=O) groups is 1. The number of ether oxygens (including phenoxy) is 2. The molecule has 1 amide bonds. The zero-order valence-corrected chi connectivity index (χ0v) is 20.2. The van der Waals surface area contributed by atoms with E-state index in [4.69, 9.17) is 15.2 Å². The van der Waals surface area contributed by atoms with Crippen LogP contribution in [0, 0.1) is 5.82 Å². The van der Waals surface area contributed by atoms with Gasteiger partial charge < -0.3 is 25.0 Å². The average molecular weight is 488 g/mol. The molecule has 0 aliphatic carbocycles. The van der Waals surface area contributed by atoms with E-state index in [-0.39, 0.29) is 35.3 Å². The highest BCUT2D eigenvalue weighted by Gasteiger charge is 2.27. The van der Waals surface area contributed by atoms with Gasteiger partial charge in [0, 0.05) is 33.3 Å². The van der Waals surface area contributed by atoms with Crippen molar-refractivity contribution < 1.29 is 18.7 Å². The second-order valence-corrected chi connectivity index (χ2v) is 9.26. The number of nitrogens with zero attached hydrogens (tertiary/aromatic N) is 6. The largest absolute Gasteiger partial charge is 0.420 e. The molecule has 3 aromatic rings. The van der Waals surface area contributed by atoms with Crippen LogP contribution in [0.1, 0.15) is 30.6 Å². The Morgan fingerprint density at radius 2 is 2.09 bits per heavy atom. The summed E-state index contributed by atoms with van der Waals surface area (Å²) in [7, 11) is 3.16. The lowest BCUT2D eigenvalue weighted by Crippen LogP contribution is -2.37. The first-order chi connectivity index (χ1) is 16.2. The molecular weight excluding hydrogens is 461 g/mol. The number of anilines is 2. The summed E-state index contributed by atoms with van der Waals surface area (Å²) in [5.41, 5.74) is 5.86. The molecule has 1 fully saturated rings. The van der Waals surface area contributed by atoms with Gasteiger partial charge in [-0.3, -0.25) is 4.79 Å². The maximum Gasteiger partial charge on any atom is 0.327 e. The van der Waals surface area contributed by atoms with Crippen molar-refractivity contribution in [3.05, 3.63) is 35.8 Å². The lowest BCUT2D eigenvalue weighted by atomic mass is 10.1. The van der Waals surface area contributed by atoms with E-state index in [1.807, 2.05) is 11.8 Å². The molecule has 2 N–H and O–H groups in total. The molecule has 0 unspecified atom stereocenters. The molecule has 2 aromatic heterocycles. The quantitative estimate of drug-likeness (QED) is 0.578. The lowest BCUT2D eigenvalue weighted by molar-refractivity contribution is 0.0810. The third-order valence-electron chi connectivity index (χ3n) is 5.32. The Hall–Kier alpha value is -3.38. The zero-order valence-electron chi connectivity index (χ0n) is 19.4. The molecule has 3 heterocycles. The van der Waals surface area contributed by atoms with Gasteiger partial charge in [-0.05, 0) is 32.4 Å². The van der Waals surface area contributed by atoms with Crippen molar-refractivity contribution in [2.45, 2.75) is 32.4 Å². The number of nitrogens with two attached hydrogens (primary N) is 1. The molecule has 0 saturated carbocycles. The van der Waals surface area contributed by atoms with Gasteiger partial charge in [0.05, 0.1) is 22.7 Å². The average Bonchev–Trinajstić information content (AvgIpc) is 3.16. The SMILES string of the molecule is C[C@@H]1CCO[C@@H](C)CN1c1nc(Oc2c(F)cccc2C(=O)N(C)C)nc(-c2cnc(N)s2)n1. The maximum atomic E-state index is 14.8. The molecule has 0 bridgehead atoms. The predicted octanol–water partition coefficient (Wildman–Crippen LogP) is 3.21. The van der Waals surface area contributed by atoms with Crippen molar-refractivity contribution in [2.75, 3.05) is 37.9 Å². The second kappa shape index (κ2) is 9.85. The number of hydrogen-bond donors (Lipinski definition) is 1. The topological polar surface area (TPSA) is 120 Å². The van der Waals surface area contributed by atoms with Gasteiger partial charge in [0.1, 0.15) is 0 Å². The minimum atomic E-state index is -0.705. The Kier molecular flexibility index (Phi) is 6.89. The van der Waals surface area contributed by atoms with Crippen LogP contribution < -0.4 is 15.4 Å². The minimum Gasteiger partial charge on any atom is -0.420 e. The van der Waals surface area contributed by atoms with Gasteiger partial charge in [-0.25, -0.2) is 9.37 Å². The van der Waals surface area contributed by atoms with Crippen molar-refractivity contribution >= 4 is 28.3 Å². The summed E-state index contributed by atoms with van der Waals surface area (Å²) in [6, 6.07) is 4.09. The molecule has 180 valence electrons. The number of benzene rings is 1. The van der Waals surface area contributed by atoms with Crippen LogP contribution in [0.2, 0.25) is 0 Å². The van der Waals surface area contributed by atoms with Gasteiger partial charge in [0.15, 0.2) is 22.5 Å². The van der Waals surface area contributed by atoms with Gasteiger partial charge in [-0.15, -0.1) is 0 Å². The highest BCUT2D eigenvalue weighted by Crippen LogP contribution is 2.32. The van der Waals surface area contributed by atoms with Crippen LogP contribution in [0.4, 0.5) is 15.5 Å². The van der Waals surface area contributed by atoms with Gasteiger partial charge >= 0.3 is 6.01 Å². The number of hydrogen-bond acceptors (Lipinski definition) is 10. The van der Waals surface area contributed by atoms with E-state index in [1.54, 1.807) is 20.3 Å². The molecule has 1 saturated heterocycles. The van der Waals surface area contributed by atoms with E-state index >= 15 is 0 Å². The standard InChI is InChI=1S/C22H26FN7O3S/c1-12-8-9-32-13(2)11-30(12)21-26-18(16-10-25-20(24)34-16)27-22(28-21)33-17-14(19(31)29(3)4)6-5-7-15(17)23/h5-7,10,12-13H,8-9,11H2,1-4H3,(H2,24,25)/t12-,13+/m1/s1. The van der Waals surface area contributed by atoms with Gasteiger partial charge in [-0.2, -0.15) is 15.0 Å². The molecule has 10 nitrogen and oxygen atoms in total. The third-order valence-corrected chi connectivity index (χ3v) is 6.15. The molecule has 4 rings (SSSR count). The van der Waals surface area contributed by atoms with Crippen molar-refractivity contribution in [1.29, 1.82) is 0 Å². The van der Waals surface area contributed by atoms with E-state index in [9.17, 15) is 9.18 Å². The Balaban J connectivity index is 1.80. The highest BCUT2D eigenvalue weighted by atomic mass is 32.1. The third kappa shape index (κ3) is 5.07. The molecule has 1 aliphatic heterocycles. The molecule has 0 spiro atoms. The summed E-state index contributed by atoms with van der Waals surface area (Å²) in [4.78, 5) is 34.1. The van der Waals surface area contributed by atoms with Gasteiger partial charge in [-0.1, -0.05) is 17.4 Å². The van der Waals surface area contributed by atoms with Crippen molar-refractivity contribution in [2.24, 2.45) is 0 Å². The summed E-state index contributed by atoms with van der Waals surface area (Å²) < 4.78 is 26.4. The van der Waals surface area contributed by atoms with Crippen molar-refractivity contribution in [3.8, 4) is 22.5 Å². The molecule has 12 heteroatoms. The normalized spacial score (nSPS) is 18.4. The summed E-state index contributed by atoms with van der Waals surface area (Å²) in [5, 5.41) is 0.359. The molecule has 2 atom stereocenters. The van der Waals surface area contributed by atoms with E-state index in [2.05, 4.69) is 26.9 Å². The number of aromatic nitrogens is 4. The minimum absolute atomic E-state index is 0.0375. The number of carbonyl (C=O) groups excluding carboxylic acids is 1. The van der Waals surface area contributed by atoms with E-state index in [1.165, 1.54) is 34.4 Å². The Morgan fingerprint density at radius 3 is 2.79 bits per heavy atom. The van der Waals surface area contributed by atoms with Crippen molar-refractivity contribution in [1.82, 2.24) is 24.8 Å². The summed E-state index contributed by atoms with van der Waals surface area (Å²) in [6.45, 7) is 5.21. The first-order valence-electron chi connectivity index (χ1n) is 10.8. The van der Waals surface area contributed by atoms with E-state index in [0.29, 0.717) is 29.1 Å². The van der Waals surface area contributed by atoms with Crippen LogP contribution in [0.5, 0.6) is 11.8 Å². The molecule has 34 heavy (non-hydrogen) atoms. The van der Waals surface area contributed by atoms with Crippen LogP contribution in [-0.4, -0.2) is 70.1 Å². The zero-order chi connectivity index (χ0) is 24.4. The number of para-hydroxylation sites is 1. The van der Waals surface area contributed by atoms with E-state index in [0.717, 1.165) is 6.42 Å². The highest BCUT2D eigenvalue weighted by molar-refractivity contribution is 7.18. The van der Waals surface area contributed by atoms with Crippen LogP contribution in [-0.2, 0) is 4.74 Å². The van der Waals surface area contributed by atoms with Crippen LogP contribution >= 0.6 is 11.3 Å². The molecule has 0 radical (unpaired) electrons. The van der Waals surface area contributed by atoms with Gasteiger partial charge in [0.25, 0.3) is 5.91 Å². The number of halogens is 1. The summed E-state index contributed by atoms with van der Waals surface area (Å²) >= 11 is 1.21. The first-order valence-corrected chi connectivity index (χ1v) is 11.6. The van der Waals surface area contributed by atoms with Crippen LogP contribution in [0.3, 0.4) is 0 Å². The first kappa shape index (κ1) is 23.8. The second-order valence-electron chi connectivity index (χ2n) is 8.19. The Morgan fingerprint density at radius 1 is 1.29 bits per heavy atom. The molecular formula is C22H26FN7O3S. The smallest absolute Gasteiger partial charge is 0.327 e. The predicted molar refractivity (Wildman–Crippen MR) is 127 cm³/mol. The van der Waals surface area contributed by atoms with E-state index < -0.39 is 11.7 Å². The Bertz CT molecular complexity index is 1190. The molecule has 1 aliphatic rings. The number of rotatable bonds is 5. The fraction of sp³-hybridized carbons (Fsp3) is 0.409. The fourth-order valence-electron chi connectivity index (χ4n) is 3.52. The lowest BCUT2D eigenvalue weighted by Gasteiger charge is -2.28. The summed E-state index contributed by atoms with van der Waals surface area (Å²) in [5.74, 6) is -0.729. The number of nitrogen functional groups attached to an aromatic ring is 1.